The maximum absolute atomic E-state index is 13.4. The first kappa shape index (κ1) is 14.5. The highest BCUT2D eigenvalue weighted by molar-refractivity contribution is 5.67. The Morgan fingerprint density at radius 2 is 1.72 bits per heavy atom. The molecule has 1 aromatic carbocycles. The molecule has 0 unspecified atom stereocenters. The fourth-order valence-corrected chi connectivity index (χ4v) is 1.77. The Hall–Kier alpha value is -1.52. The number of hydrogen-bond donors (Lipinski definition) is 1. The third-order valence-electron chi connectivity index (χ3n) is 2.79. The lowest BCUT2D eigenvalue weighted by Crippen LogP contribution is -2.18. The maximum Gasteiger partial charge on any atom is 0.303 e. The molecular weight excluding hydrogens is 245 g/mol. The Morgan fingerprint density at radius 3 is 2.17 bits per heavy atom. The van der Waals surface area contributed by atoms with Crippen LogP contribution >= 0.6 is 0 Å². The molecule has 0 saturated carbocycles. The Labute approximate surface area is 103 Å². The summed E-state index contributed by atoms with van der Waals surface area (Å²) in [5.74, 6) is -3.78. The fraction of sp³-hybridized carbons (Fsp3) is 0.462. The summed E-state index contributed by atoms with van der Waals surface area (Å²) in [7, 11) is 0. The molecule has 0 radical (unpaired) electrons. The van der Waals surface area contributed by atoms with Gasteiger partial charge in [-0.05, 0) is 18.3 Å². The zero-order chi connectivity index (χ0) is 13.9. The minimum atomic E-state index is -0.960. The third-order valence-corrected chi connectivity index (χ3v) is 2.79. The number of aliphatic carboxylic acids is 1. The topological polar surface area (TPSA) is 37.3 Å². The number of hydrogen-bond acceptors (Lipinski definition) is 1. The molecule has 2 nitrogen and oxygen atoms in total. The Balaban J connectivity index is 2.78. The maximum atomic E-state index is 13.4. The minimum Gasteiger partial charge on any atom is -0.481 e. The van der Waals surface area contributed by atoms with Gasteiger partial charge in [0, 0.05) is 17.7 Å². The highest BCUT2D eigenvalue weighted by Gasteiger charge is 2.23. The average Bonchev–Trinajstić information content (AvgIpc) is 2.12. The van der Waals surface area contributed by atoms with Gasteiger partial charge in [0.25, 0.3) is 0 Å². The Morgan fingerprint density at radius 1 is 1.22 bits per heavy atom. The Kier molecular flexibility index (Phi) is 4.38. The van der Waals surface area contributed by atoms with Gasteiger partial charge in [-0.25, -0.2) is 13.2 Å². The molecule has 0 fully saturated rings. The van der Waals surface area contributed by atoms with Crippen molar-refractivity contribution < 1.29 is 23.1 Å². The van der Waals surface area contributed by atoms with Crippen LogP contribution in [0.25, 0.3) is 0 Å². The minimum absolute atomic E-state index is 0.0399. The van der Waals surface area contributed by atoms with E-state index < -0.39 is 28.8 Å². The van der Waals surface area contributed by atoms with E-state index in [9.17, 15) is 18.0 Å². The van der Waals surface area contributed by atoms with Gasteiger partial charge in [-0.15, -0.1) is 0 Å². The Bertz CT molecular complexity index is 433. The first-order valence-electron chi connectivity index (χ1n) is 5.56. The van der Waals surface area contributed by atoms with E-state index in [0.29, 0.717) is 18.6 Å². The molecular formula is C13H15F3O2. The summed E-state index contributed by atoms with van der Waals surface area (Å²) in [5, 5.41) is 8.69. The van der Waals surface area contributed by atoms with Gasteiger partial charge >= 0.3 is 5.97 Å². The van der Waals surface area contributed by atoms with Crippen LogP contribution in [0.3, 0.4) is 0 Å². The van der Waals surface area contributed by atoms with Gasteiger partial charge in [0.2, 0.25) is 0 Å². The standard InChI is InChI=1S/C13H15F3O2/c1-13(2,7-12(17)18)4-3-9-10(15)5-8(14)6-11(9)16/h5-6H,3-4,7H2,1-2H3,(H,17,18). The van der Waals surface area contributed by atoms with Crippen LogP contribution in [0.1, 0.15) is 32.3 Å². The van der Waals surface area contributed by atoms with Crippen molar-refractivity contribution in [2.24, 2.45) is 5.41 Å². The van der Waals surface area contributed by atoms with Crippen LogP contribution in [0.2, 0.25) is 0 Å². The van der Waals surface area contributed by atoms with Crippen LogP contribution in [-0.2, 0) is 11.2 Å². The van der Waals surface area contributed by atoms with E-state index in [4.69, 9.17) is 5.11 Å². The SMILES string of the molecule is CC(C)(CCc1c(F)cc(F)cc1F)CC(=O)O. The number of benzene rings is 1. The zero-order valence-corrected chi connectivity index (χ0v) is 10.3. The first-order chi connectivity index (χ1) is 8.21. The fourth-order valence-electron chi connectivity index (χ4n) is 1.77. The van der Waals surface area contributed by atoms with Gasteiger partial charge in [-0.2, -0.15) is 0 Å². The van der Waals surface area contributed by atoms with Crippen molar-refractivity contribution in [2.45, 2.75) is 33.1 Å². The van der Waals surface area contributed by atoms with Crippen molar-refractivity contribution in [2.75, 3.05) is 0 Å². The summed E-state index contributed by atoms with van der Waals surface area (Å²) in [4.78, 5) is 10.6. The smallest absolute Gasteiger partial charge is 0.303 e. The molecule has 0 spiro atoms. The normalized spacial score (nSPS) is 11.6. The highest BCUT2D eigenvalue weighted by atomic mass is 19.1. The molecule has 100 valence electrons. The van der Waals surface area contributed by atoms with Crippen molar-refractivity contribution in [3.63, 3.8) is 0 Å². The molecule has 0 amide bonds. The second kappa shape index (κ2) is 5.42. The number of carboxylic acids is 1. The van der Waals surface area contributed by atoms with Crippen molar-refractivity contribution in [1.82, 2.24) is 0 Å². The van der Waals surface area contributed by atoms with E-state index in [1.165, 1.54) is 0 Å². The van der Waals surface area contributed by atoms with Gasteiger partial charge in [-0.3, -0.25) is 4.79 Å². The monoisotopic (exact) mass is 260 g/mol. The van der Waals surface area contributed by atoms with E-state index >= 15 is 0 Å². The van der Waals surface area contributed by atoms with Gasteiger partial charge in [0.1, 0.15) is 17.5 Å². The molecule has 1 aromatic rings. The van der Waals surface area contributed by atoms with Crippen molar-refractivity contribution >= 4 is 5.97 Å². The molecule has 0 heterocycles. The molecule has 1 rings (SSSR count). The van der Waals surface area contributed by atoms with E-state index in [-0.39, 0.29) is 18.4 Å². The molecule has 0 aliphatic heterocycles. The van der Waals surface area contributed by atoms with Crippen LogP contribution in [-0.4, -0.2) is 11.1 Å². The molecule has 1 N–H and O–H groups in total. The third kappa shape index (κ3) is 4.05. The van der Waals surface area contributed by atoms with Gasteiger partial charge in [0.15, 0.2) is 0 Å². The van der Waals surface area contributed by atoms with Crippen LogP contribution < -0.4 is 0 Å². The van der Waals surface area contributed by atoms with E-state index in [0.717, 1.165) is 0 Å². The molecule has 18 heavy (non-hydrogen) atoms. The lowest BCUT2D eigenvalue weighted by molar-refractivity contribution is -0.139. The molecule has 0 aliphatic rings. The summed E-state index contributed by atoms with van der Waals surface area (Å²) in [6.45, 7) is 3.42. The molecule has 0 aromatic heterocycles. The summed E-state index contributed by atoms with van der Waals surface area (Å²) in [6.07, 6.45) is 0.258. The number of rotatable bonds is 5. The van der Waals surface area contributed by atoms with Gasteiger partial charge in [0.05, 0.1) is 6.42 Å². The lowest BCUT2D eigenvalue weighted by atomic mass is 9.83. The second-order valence-corrected chi connectivity index (χ2v) is 5.08. The van der Waals surface area contributed by atoms with Gasteiger partial charge < -0.3 is 5.11 Å². The molecule has 0 atom stereocenters. The predicted octanol–water partition coefficient (Wildman–Crippen LogP) is 3.54. The molecule has 5 heteroatoms. The van der Waals surface area contributed by atoms with Crippen LogP contribution in [0.4, 0.5) is 13.2 Å². The van der Waals surface area contributed by atoms with Crippen molar-refractivity contribution in [1.29, 1.82) is 0 Å². The summed E-state index contributed by atoms with van der Waals surface area (Å²) < 4.78 is 39.4. The van der Waals surface area contributed by atoms with E-state index in [2.05, 4.69) is 0 Å². The van der Waals surface area contributed by atoms with Crippen LogP contribution in [0, 0.1) is 22.9 Å². The molecule has 0 aliphatic carbocycles. The molecule has 0 bridgehead atoms. The van der Waals surface area contributed by atoms with E-state index in [1.54, 1.807) is 13.8 Å². The van der Waals surface area contributed by atoms with Crippen LogP contribution in [0.5, 0.6) is 0 Å². The van der Waals surface area contributed by atoms with Gasteiger partial charge in [-0.1, -0.05) is 13.8 Å². The summed E-state index contributed by atoms with van der Waals surface area (Å²) in [6, 6.07) is 1.26. The zero-order valence-electron chi connectivity index (χ0n) is 10.3. The number of halogens is 3. The van der Waals surface area contributed by atoms with E-state index in [1.807, 2.05) is 0 Å². The van der Waals surface area contributed by atoms with Crippen molar-refractivity contribution in [3.05, 3.63) is 35.1 Å². The largest absolute Gasteiger partial charge is 0.481 e. The summed E-state index contributed by atoms with van der Waals surface area (Å²) >= 11 is 0. The second-order valence-electron chi connectivity index (χ2n) is 5.08. The highest BCUT2D eigenvalue weighted by Crippen LogP contribution is 2.28. The molecule has 0 saturated heterocycles. The van der Waals surface area contributed by atoms with Crippen LogP contribution in [0.15, 0.2) is 12.1 Å². The quantitative estimate of drug-likeness (QED) is 0.879. The predicted molar refractivity (Wildman–Crippen MR) is 60.7 cm³/mol. The number of carboxylic acid groups (broad SMARTS) is 1. The first-order valence-corrected chi connectivity index (χ1v) is 5.56. The number of carbonyl (C=O) groups is 1. The van der Waals surface area contributed by atoms with Crippen molar-refractivity contribution in [3.8, 4) is 0 Å². The average molecular weight is 260 g/mol. The summed E-state index contributed by atoms with van der Waals surface area (Å²) in [5.41, 5.74) is -0.770. The lowest BCUT2D eigenvalue weighted by Gasteiger charge is -2.22.